The Balaban J connectivity index is 4.21. The van der Waals surface area contributed by atoms with Crippen LogP contribution in [0.2, 0.25) is 0 Å². The van der Waals surface area contributed by atoms with Crippen molar-refractivity contribution in [3.63, 3.8) is 0 Å². The van der Waals surface area contributed by atoms with Crippen LogP contribution in [0.4, 0.5) is 0 Å². The van der Waals surface area contributed by atoms with E-state index in [1.54, 1.807) is 0 Å². The summed E-state index contributed by atoms with van der Waals surface area (Å²) in [5, 5.41) is 9.70. The van der Waals surface area contributed by atoms with Gasteiger partial charge in [-0.25, -0.2) is 4.57 Å². The van der Waals surface area contributed by atoms with Crippen LogP contribution in [-0.4, -0.2) is 52.3 Å². The maximum absolute atomic E-state index is 12.4. The van der Waals surface area contributed by atoms with E-state index in [4.69, 9.17) is 19.3 Å². The molecule has 0 aromatic rings. The van der Waals surface area contributed by atoms with Gasteiger partial charge in [0.05, 0.1) is 12.7 Å². The van der Waals surface area contributed by atoms with E-state index in [2.05, 4.69) is 97.4 Å². The van der Waals surface area contributed by atoms with Crippen molar-refractivity contribution >= 4 is 19.8 Å². The maximum atomic E-state index is 12.4. The molecule has 0 aliphatic carbocycles. The number of rotatable bonds is 35. The number of aliphatic hydroxyl groups excluding tert-OH is 1. The van der Waals surface area contributed by atoms with Crippen molar-refractivity contribution in [1.82, 2.24) is 0 Å². The molecule has 55 heavy (non-hydrogen) atoms. The fourth-order valence-corrected chi connectivity index (χ4v) is 5.19. The Bertz CT molecular complexity index is 1270. The minimum Gasteiger partial charge on any atom is -0.462 e. The summed E-state index contributed by atoms with van der Waals surface area (Å²) in [6.07, 6.45) is 51.7. The number of esters is 2. The van der Waals surface area contributed by atoms with Crippen LogP contribution < -0.4 is 0 Å². The largest absolute Gasteiger partial charge is 0.469 e. The van der Waals surface area contributed by atoms with Crippen LogP contribution in [-0.2, 0) is 28.2 Å². The molecule has 0 aliphatic rings. The fraction of sp³-hybridized carbons (Fsp3) is 0.556. The Morgan fingerprint density at radius 3 is 1.47 bits per heavy atom. The van der Waals surface area contributed by atoms with Gasteiger partial charge >= 0.3 is 19.8 Å². The Kier molecular flexibility index (Phi) is 36.6. The quantitative estimate of drug-likeness (QED) is 0.0248. The van der Waals surface area contributed by atoms with Gasteiger partial charge in [0.2, 0.25) is 0 Å². The summed E-state index contributed by atoms with van der Waals surface area (Å²) in [7, 11) is -4.80. The molecular formula is C45H71O9P. The SMILES string of the molecule is CCCCC/C=C\C/C=C\C/C=C\C/C=C\C/C=C\CCC(=O)OC[C@H](COP(=O)(O)O)OC(=O)CCC/C=C\C/C=C\C/C=C\C/C=C\CC(O)CCC. The Hall–Kier alpha value is -3.33. The lowest BCUT2D eigenvalue weighted by molar-refractivity contribution is -0.161. The van der Waals surface area contributed by atoms with Crippen molar-refractivity contribution < 1.29 is 43.0 Å². The van der Waals surface area contributed by atoms with Crippen LogP contribution in [0.1, 0.15) is 136 Å². The molecule has 0 heterocycles. The number of phosphoric ester groups is 1. The third-order valence-corrected chi connectivity index (χ3v) is 8.32. The first-order chi connectivity index (χ1) is 26.7. The topological polar surface area (TPSA) is 140 Å². The van der Waals surface area contributed by atoms with Crippen molar-refractivity contribution in [2.24, 2.45) is 0 Å². The first-order valence-corrected chi connectivity index (χ1v) is 21.8. The van der Waals surface area contributed by atoms with E-state index in [1.165, 1.54) is 25.7 Å². The molecule has 0 rings (SSSR count). The highest BCUT2D eigenvalue weighted by molar-refractivity contribution is 7.46. The molecule has 1 unspecified atom stereocenters. The fourth-order valence-electron chi connectivity index (χ4n) is 4.83. The lowest BCUT2D eigenvalue weighted by Crippen LogP contribution is -2.29. The van der Waals surface area contributed by atoms with Crippen molar-refractivity contribution in [1.29, 1.82) is 0 Å². The number of phosphoric acid groups is 1. The molecule has 0 amide bonds. The van der Waals surface area contributed by atoms with Gasteiger partial charge in [0.25, 0.3) is 0 Å². The third-order valence-electron chi connectivity index (χ3n) is 7.83. The smallest absolute Gasteiger partial charge is 0.462 e. The van der Waals surface area contributed by atoms with Crippen molar-refractivity contribution in [3.8, 4) is 0 Å². The summed E-state index contributed by atoms with van der Waals surface area (Å²) in [6.45, 7) is 3.32. The van der Waals surface area contributed by atoms with Gasteiger partial charge in [0.15, 0.2) is 6.10 Å². The number of carbonyl (C=O) groups excluding carboxylic acids is 2. The second-order valence-electron chi connectivity index (χ2n) is 13.1. The van der Waals surface area contributed by atoms with Crippen LogP contribution in [0.25, 0.3) is 0 Å². The van der Waals surface area contributed by atoms with E-state index in [1.807, 2.05) is 30.4 Å². The van der Waals surface area contributed by atoms with Gasteiger partial charge in [-0.05, 0) is 89.9 Å². The maximum Gasteiger partial charge on any atom is 0.469 e. The molecule has 0 radical (unpaired) electrons. The summed E-state index contributed by atoms with van der Waals surface area (Å²) in [5.74, 6) is -1.08. The van der Waals surface area contributed by atoms with Crippen molar-refractivity contribution in [2.75, 3.05) is 13.2 Å². The van der Waals surface area contributed by atoms with Gasteiger partial charge in [-0.3, -0.25) is 14.1 Å². The third kappa shape index (κ3) is 41.7. The van der Waals surface area contributed by atoms with E-state index in [-0.39, 0.29) is 25.6 Å². The van der Waals surface area contributed by atoms with Crippen LogP contribution in [0.3, 0.4) is 0 Å². The zero-order valence-corrected chi connectivity index (χ0v) is 34.5. The van der Waals surface area contributed by atoms with Crippen LogP contribution in [0, 0.1) is 0 Å². The number of aliphatic hydroxyl groups is 1. The van der Waals surface area contributed by atoms with Crippen molar-refractivity contribution in [3.05, 3.63) is 109 Å². The lowest BCUT2D eigenvalue weighted by atomic mass is 10.1. The van der Waals surface area contributed by atoms with E-state index in [0.29, 0.717) is 25.7 Å². The summed E-state index contributed by atoms with van der Waals surface area (Å²) in [5.41, 5.74) is 0. The Labute approximate surface area is 332 Å². The van der Waals surface area contributed by atoms with Crippen LogP contribution >= 0.6 is 7.82 Å². The predicted molar refractivity (Wildman–Crippen MR) is 226 cm³/mol. The predicted octanol–water partition coefficient (Wildman–Crippen LogP) is 11.4. The zero-order chi connectivity index (χ0) is 40.5. The molecule has 2 atom stereocenters. The highest BCUT2D eigenvalue weighted by Crippen LogP contribution is 2.35. The lowest BCUT2D eigenvalue weighted by Gasteiger charge is -2.18. The second kappa shape index (κ2) is 38.9. The molecule has 10 heteroatoms. The number of unbranched alkanes of at least 4 members (excludes halogenated alkanes) is 4. The standard InChI is InChI=1S/C45H71O9P/c1-3-5-6-7-8-9-10-11-12-13-14-15-16-19-22-25-28-31-34-38-44(47)52-40-43(41-53-55(49,50)51)54-45(48)39-35-32-29-26-23-20-17-18-21-24-27-30-33-37-42(46)36-4-2/h8-9,11-12,14-15,17,19-22,24,26,28-31,33,42-43,46H,3-7,10,13,16,18,23,25,27,32,34-41H2,1-2H3,(H2,49,50,51)/b9-8-,12-11-,15-14-,20-17-,22-19-,24-21-,29-26-,31-28-,33-30-/t42?,43-/m1/s1. The average molecular weight is 787 g/mol. The van der Waals surface area contributed by atoms with Crippen LogP contribution in [0.5, 0.6) is 0 Å². The highest BCUT2D eigenvalue weighted by atomic mass is 31.2. The first kappa shape index (κ1) is 51.7. The normalized spacial score (nSPS) is 14.2. The number of ether oxygens (including phenoxy) is 2. The van der Waals surface area contributed by atoms with Crippen LogP contribution in [0.15, 0.2) is 109 Å². The first-order valence-electron chi connectivity index (χ1n) is 20.3. The summed E-state index contributed by atoms with van der Waals surface area (Å²) < 4.78 is 26.2. The molecule has 0 saturated heterocycles. The monoisotopic (exact) mass is 786 g/mol. The van der Waals surface area contributed by atoms with E-state index in [0.717, 1.165) is 57.8 Å². The molecule has 3 N–H and O–H groups in total. The summed E-state index contributed by atoms with van der Waals surface area (Å²) in [6, 6.07) is 0. The molecule has 0 aromatic carbocycles. The minimum atomic E-state index is -4.80. The summed E-state index contributed by atoms with van der Waals surface area (Å²) >= 11 is 0. The van der Waals surface area contributed by atoms with Gasteiger partial charge in [-0.1, -0.05) is 142 Å². The molecular weight excluding hydrogens is 715 g/mol. The van der Waals surface area contributed by atoms with Gasteiger partial charge in [0.1, 0.15) is 6.61 Å². The second-order valence-corrected chi connectivity index (χ2v) is 14.3. The number of hydrogen-bond acceptors (Lipinski definition) is 7. The highest BCUT2D eigenvalue weighted by Gasteiger charge is 2.22. The van der Waals surface area contributed by atoms with E-state index in [9.17, 15) is 19.3 Å². The summed E-state index contributed by atoms with van der Waals surface area (Å²) in [4.78, 5) is 42.7. The molecule has 0 aromatic heterocycles. The van der Waals surface area contributed by atoms with Gasteiger partial charge < -0.3 is 24.4 Å². The number of hydrogen-bond donors (Lipinski definition) is 3. The van der Waals surface area contributed by atoms with E-state index >= 15 is 0 Å². The Morgan fingerprint density at radius 2 is 1.00 bits per heavy atom. The van der Waals surface area contributed by atoms with Gasteiger partial charge in [0, 0.05) is 12.8 Å². The number of carbonyl (C=O) groups is 2. The Morgan fingerprint density at radius 1 is 0.545 bits per heavy atom. The zero-order valence-electron chi connectivity index (χ0n) is 33.6. The minimum absolute atomic E-state index is 0.0988. The molecule has 0 saturated carbocycles. The van der Waals surface area contributed by atoms with Gasteiger partial charge in [-0.15, -0.1) is 0 Å². The van der Waals surface area contributed by atoms with E-state index < -0.39 is 32.5 Å². The molecule has 310 valence electrons. The molecule has 0 aliphatic heterocycles. The molecule has 0 fully saturated rings. The average Bonchev–Trinajstić information content (AvgIpc) is 3.15. The molecule has 9 nitrogen and oxygen atoms in total. The van der Waals surface area contributed by atoms with Crippen molar-refractivity contribution in [2.45, 2.75) is 148 Å². The molecule has 0 bridgehead atoms. The molecule has 0 spiro atoms. The van der Waals surface area contributed by atoms with Gasteiger partial charge in [-0.2, -0.15) is 0 Å². The number of allylic oxidation sites excluding steroid dienone is 17.